The highest BCUT2D eigenvalue weighted by Gasteiger charge is 2.35. The average molecular weight is 272 g/mol. The van der Waals surface area contributed by atoms with Crippen LogP contribution in [0.15, 0.2) is 17.5 Å². The first-order valence-electron chi connectivity index (χ1n) is 6.54. The van der Waals surface area contributed by atoms with Crippen molar-refractivity contribution < 1.29 is 8.85 Å². The van der Waals surface area contributed by atoms with E-state index < -0.39 is 8.56 Å². The van der Waals surface area contributed by atoms with Crippen molar-refractivity contribution in [2.24, 2.45) is 0 Å². The highest BCUT2D eigenvalue weighted by atomic mass is 32.1. The van der Waals surface area contributed by atoms with E-state index >= 15 is 0 Å². The first kappa shape index (κ1) is 14.9. The molecule has 0 atom stereocenters. The fraction of sp³-hybridized carbons (Fsp3) is 0.692. The van der Waals surface area contributed by atoms with Crippen molar-refractivity contribution >= 4 is 24.4 Å². The Bertz CT molecular complexity index is 278. The van der Waals surface area contributed by atoms with E-state index in [1.807, 2.05) is 0 Å². The molecule has 2 nitrogen and oxygen atoms in total. The van der Waals surface area contributed by atoms with Crippen molar-refractivity contribution in [2.75, 3.05) is 13.2 Å². The third-order valence-corrected chi connectivity index (χ3v) is 7.44. The summed E-state index contributed by atoms with van der Waals surface area (Å²) >= 11 is 1.76. The van der Waals surface area contributed by atoms with E-state index in [2.05, 4.69) is 37.9 Å². The van der Waals surface area contributed by atoms with E-state index in [-0.39, 0.29) is 0 Å². The highest BCUT2D eigenvalue weighted by molar-refractivity contribution is 7.23. The van der Waals surface area contributed by atoms with E-state index in [0.29, 0.717) is 0 Å². The van der Waals surface area contributed by atoms with E-state index in [9.17, 15) is 0 Å². The molecule has 17 heavy (non-hydrogen) atoms. The van der Waals surface area contributed by atoms with Gasteiger partial charge in [-0.05, 0) is 30.8 Å². The Labute approximate surface area is 110 Å². The topological polar surface area (TPSA) is 18.5 Å². The molecule has 0 aliphatic carbocycles. The van der Waals surface area contributed by atoms with Gasteiger partial charge in [0.1, 0.15) is 0 Å². The zero-order valence-electron chi connectivity index (χ0n) is 11.2. The number of hydrogen-bond acceptors (Lipinski definition) is 3. The van der Waals surface area contributed by atoms with Crippen LogP contribution in [0.4, 0.5) is 0 Å². The summed E-state index contributed by atoms with van der Waals surface area (Å²) < 4.78 is 13.5. The van der Waals surface area contributed by atoms with Crippen molar-refractivity contribution in [1.82, 2.24) is 0 Å². The molecule has 1 aromatic rings. The lowest BCUT2D eigenvalue weighted by Crippen LogP contribution is -2.50. The van der Waals surface area contributed by atoms with Crippen LogP contribution in [0.3, 0.4) is 0 Å². The molecule has 0 saturated carbocycles. The van der Waals surface area contributed by atoms with Crippen LogP contribution in [0, 0.1) is 0 Å². The first-order chi connectivity index (χ1) is 8.23. The summed E-state index contributed by atoms with van der Waals surface area (Å²) in [7, 11) is -2.13. The molecule has 4 heteroatoms. The largest absolute Gasteiger partial charge is 0.391 e. The van der Waals surface area contributed by atoms with Gasteiger partial charge < -0.3 is 8.85 Å². The van der Waals surface area contributed by atoms with E-state index in [0.717, 1.165) is 26.1 Å². The fourth-order valence-corrected chi connectivity index (χ4v) is 5.25. The maximum Gasteiger partial charge on any atom is 0.379 e. The van der Waals surface area contributed by atoms with Crippen LogP contribution in [0.25, 0.3) is 0 Å². The van der Waals surface area contributed by atoms with Crippen molar-refractivity contribution in [2.45, 2.75) is 46.1 Å². The number of unbranched alkanes of at least 4 members (excludes halogenated alkanes) is 2. The zero-order chi connectivity index (χ0) is 12.6. The Morgan fingerprint density at radius 1 is 1.12 bits per heavy atom. The molecule has 0 aromatic carbocycles. The molecule has 1 rings (SSSR count). The molecule has 0 aliphatic heterocycles. The summed E-state index contributed by atoms with van der Waals surface area (Å²) in [5, 5.41) is 2.10. The van der Waals surface area contributed by atoms with E-state index in [1.165, 1.54) is 17.3 Å². The third-order valence-electron chi connectivity index (χ3n) is 2.72. The van der Waals surface area contributed by atoms with Gasteiger partial charge in [0.05, 0.1) is 0 Å². The molecule has 98 valence electrons. The molecule has 0 amide bonds. The Hall–Kier alpha value is -0.163. The number of thiophene rings is 1. The molecule has 0 bridgehead atoms. The van der Waals surface area contributed by atoms with Crippen LogP contribution in [0.2, 0.25) is 6.55 Å². The Balaban J connectivity index is 2.56. The molecule has 1 heterocycles. The van der Waals surface area contributed by atoms with E-state index in [1.54, 1.807) is 11.3 Å². The highest BCUT2D eigenvalue weighted by Crippen LogP contribution is 2.13. The standard InChI is InChI=1S/C13H24O2SSi/c1-4-6-10-14-17(3,15-11-7-5-2)13-9-8-12-16-13/h8-9,12H,4-7,10-11H2,1-3H3. The lowest BCUT2D eigenvalue weighted by atomic mass is 10.4. The lowest BCUT2D eigenvalue weighted by molar-refractivity contribution is 0.181. The molecule has 0 fully saturated rings. The minimum Gasteiger partial charge on any atom is -0.391 e. The molecule has 0 spiro atoms. The van der Waals surface area contributed by atoms with Gasteiger partial charge in [-0.15, -0.1) is 11.3 Å². The van der Waals surface area contributed by atoms with Gasteiger partial charge in [0.2, 0.25) is 0 Å². The summed E-state index contributed by atoms with van der Waals surface area (Å²) in [6.45, 7) is 8.19. The van der Waals surface area contributed by atoms with Gasteiger partial charge in [-0.25, -0.2) is 0 Å². The van der Waals surface area contributed by atoms with Gasteiger partial charge in [-0.2, -0.15) is 0 Å². The van der Waals surface area contributed by atoms with Gasteiger partial charge >= 0.3 is 8.56 Å². The third kappa shape index (κ3) is 4.92. The van der Waals surface area contributed by atoms with Crippen LogP contribution in [-0.2, 0) is 8.85 Å². The van der Waals surface area contributed by atoms with Crippen LogP contribution in [-0.4, -0.2) is 21.8 Å². The minimum absolute atomic E-state index is 0.823. The fourth-order valence-electron chi connectivity index (χ4n) is 1.54. The number of hydrogen-bond donors (Lipinski definition) is 0. The monoisotopic (exact) mass is 272 g/mol. The van der Waals surface area contributed by atoms with Crippen molar-refractivity contribution in [3.63, 3.8) is 0 Å². The van der Waals surface area contributed by atoms with Crippen molar-refractivity contribution in [3.05, 3.63) is 17.5 Å². The second-order valence-electron chi connectivity index (χ2n) is 4.33. The SMILES string of the molecule is CCCCO[Si](C)(OCCCC)c1cccs1. The van der Waals surface area contributed by atoms with E-state index in [4.69, 9.17) is 8.85 Å². The smallest absolute Gasteiger partial charge is 0.379 e. The second-order valence-corrected chi connectivity index (χ2v) is 8.64. The molecular weight excluding hydrogens is 248 g/mol. The van der Waals surface area contributed by atoms with Crippen LogP contribution >= 0.6 is 11.3 Å². The minimum atomic E-state index is -2.13. The van der Waals surface area contributed by atoms with Gasteiger partial charge in [0.15, 0.2) is 0 Å². The maximum atomic E-state index is 6.09. The second kappa shape index (κ2) is 8.03. The molecule has 0 aliphatic rings. The predicted octanol–water partition coefficient (Wildman–Crippen LogP) is 3.66. The predicted molar refractivity (Wildman–Crippen MR) is 77.3 cm³/mol. The normalized spacial score (nSPS) is 11.9. The van der Waals surface area contributed by atoms with Gasteiger partial charge in [-0.3, -0.25) is 0 Å². The van der Waals surface area contributed by atoms with Crippen molar-refractivity contribution in [1.29, 1.82) is 0 Å². The van der Waals surface area contributed by atoms with Gasteiger partial charge in [0.25, 0.3) is 0 Å². The molecular formula is C13H24O2SSi. The molecule has 0 unspecified atom stereocenters. The molecule has 0 radical (unpaired) electrons. The van der Waals surface area contributed by atoms with Gasteiger partial charge in [0, 0.05) is 17.7 Å². The molecule has 0 N–H and O–H groups in total. The zero-order valence-corrected chi connectivity index (χ0v) is 13.0. The van der Waals surface area contributed by atoms with Crippen LogP contribution in [0.5, 0.6) is 0 Å². The maximum absolute atomic E-state index is 6.09. The Morgan fingerprint density at radius 3 is 2.12 bits per heavy atom. The quantitative estimate of drug-likeness (QED) is 0.504. The summed E-state index contributed by atoms with van der Waals surface area (Å²) in [4.78, 5) is 0. The average Bonchev–Trinajstić information content (AvgIpc) is 2.84. The molecule has 1 aromatic heterocycles. The van der Waals surface area contributed by atoms with Crippen LogP contribution in [0.1, 0.15) is 39.5 Å². The van der Waals surface area contributed by atoms with Gasteiger partial charge in [-0.1, -0.05) is 32.8 Å². The molecule has 0 saturated heterocycles. The van der Waals surface area contributed by atoms with Crippen molar-refractivity contribution in [3.8, 4) is 0 Å². The summed E-state index contributed by atoms with van der Waals surface area (Å²) in [6, 6.07) is 4.23. The Kier molecular flexibility index (Phi) is 7.04. The van der Waals surface area contributed by atoms with Crippen LogP contribution < -0.4 is 4.50 Å². The summed E-state index contributed by atoms with van der Waals surface area (Å²) in [5.74, 6) is 0. The lowest BCUT2D eigenvalue weighted by Gasteiger charge is -2.26. The summed E-state index contributed by atoms with van der Waals surface area (Å²) in [5.41, 5.74) is 0. The number of rotatable bonds is 9. The summed E-state index contributed by atoms with van der Waals surface area (Å²) in [6.07, 6.45) is 4.57. The first-order valence-corrected chi connectivity index (χ1v) is 9.74. The Morgan fingerprint density at radius 2 is 1.71 bits per heavy atom.